The second-order valence-corrected chi connectivity index (χ2v) is 4.36. The van der Waals surface area contributed by atoms with Crippen LogP contribution in [0.25, 0.3) is 0 Å². The minimum Gasteiger partial charge on any atom is -0.497 e. The van der Waals surface area contributed by atoms with Crippen LogP contribution in [0, 0.1) is 0 Å². The summed E-state index contributed by atoms with van der Waals surface area (Å²) in [5.41, 5.74) is 7.61. The van der Waals surface area contributed by atoms with Crippen LogP contribution in [0.1, 0.15) is 36.0 Å². The van der Waals surface area contributed by atoms with Crippen molar-refractivity contribution in [3.63, 3.8) is 0 Å². The van der Waals surface area contributed by atoms with Crippen LogP contribution >= 0.6 is 0 Å². The van der Waals surface area contributed by atoms with Crippen LogP contribution in [0.3, 0.4) is 0 Å². The van der Waals surface area contributed by atoms with E-state index in [1.54, 1.807) is 14.2 Å². The fraction of sp³-hybridized carbons (Fsp3) is 0.538. The molecule has 2 atom stereocenters. The van der Waals surface area contributed by atoms with Crippen LogP contribution in [0.4, 0.5) is 0 Å². The fourth-order valence-corrected chi connectivity index (χ4v) is 2.59. The predicted octanol–water partition coefficient (Wildman–Crippen LogP) is 1.57. The number of hydrogen-bond acceptors (Lipinski definition) is 4. The van der Waals surface area contributed by atoms with Gasteiger partial charge >= 0.3 is 0 Å². The molecule has 0 bridgehead atoms. The molecule has 1 aromatic rings. The number of fused-ring (bicyclic) bond motifs is 1. The first kappa shape index (κ1) is 12.2. The molecule has 0 aromatic heterocycles. The van der Waals surface area contributed by atoms with Crippen molar-refractivity contribution in [3.05, 3.63) is 23.3 Å². The third-order valence-electron chi connectivity index (χ3n) is 3.40. The summed E-state index contributed by atoms with van der Waals surface area (Å²) < 4.78 is 10.6. The number of benzene rings is 1. The van der Waals surface area contributed by atoms with Gasteiger partial charge in [0.2, 0.25) is 0 Å². The summed E-state index contributed by atoms with van der Waals surface area (Å²) in [5, 5.41) is 10.1. The number of rotatable bonds is 4. The average Bonchev–Trinajstić information content (AvgIpc) is 2.66. The molecule has 0 saturated heterocycles. The lowest BCUT2D eigenvalue weighted by Gasteiger charge is -2.14. The highest BCUT2D eigenvalue weighted by Gasteiger charge is 2.32. The highest BCUT2D eigenvalue weighted by atomic mass is 16.5. The molecule has 17 heavy (non-hydrogen) atoms. The van der Waals surface area contributed by atoms with E-state index >= 15 is 0 Å². The van der Waals surface area contributed by atoms with Crippen LogP contribution < -0.4 is 15.2 Å². The summed E-state index contributed by atoms with van der Waals surface area (Å²) in [6.07, 6.45) is 1.14. The highest BCUT2D eigenvalue weighted by Crippen LogP contribution is 2.47. The van der Waals surface area contributed by atoms with Gasteiger partial charge in [-0.25, -0.2) is 0 Å². The van der Waals surface area contributed by atoms with Crippen molar-refractivity contribution in [2.45, 2.75) is 24.9 Å². The van der Waals surface area contributed by atoms with Gasteiger partial charge in [-0.3, -0.25) is 0 Å². The van der Waals surface area contributed by atoms with E-state index in [9.17, 15) is 5.11 Å². The van der Waals surface area contributed by atoms with E-state index in [1.165, 1.54) is 0 Å². The van der Waals surface area contributed by atoms with Gasteiger partial charge in [-0.15, -0.1) is 0 Å². The SMILES string of the molecule is COc1cc(OC)c2c(c1)C(CCN)CC2O. The zero-order chi connectivity index (χ0) is 12.4. The van der Waals surface area contributed by atoms with Crippen LogP contribution in [0.2, 0.25) is 0 Å². The molecule has 4 heteroatoms. The lowest BCUT2D eigenvalue weighted by molar-refractivity contribution is 0.168. The van der Waals surface area contributed by atoms with E-state index in [1.807, 2.05) is 12.1 Å². The maximum absolute atomic E-state index is 10.1. The number of ether oxygens (including phenoxy) is 2. The molecule has 0 radical (unpaired) electrons. The van der Waals surface area contributed by atoms with Crippen molar-refractivity contribution in [1.29, 1.82) is 0 Å². The lowest BCUT2D eigenvalue weighted by Crippen LogP contribution is -2.05. The van der Waals surface area contributed by atoms with E-state index < -0.39 is 6.10 Å². The van der Waals surface area contributed by atoms with E-state index in [4.69, 9.17) is 15.2 Å². The smallest absolute Gasteiger partial charge is 0.128 e. The molecular formula is C13H19NO3. The fourth-order valence-electron chi connectivity index (χ4n) is 2.59. The third-order valence-corrected chi connectivity index (χ3v) is 3.40. The molecule has 0 saturated carbocycles. The predicted molar refractivity (Wildman–Crippen MR) is 65.5 cm³/mol. The van der Waals surface area contributed by atoms with Gasteiger partial charge < -0.3 is 20.3 Å². The first-order valence-corrected chi connectivity index (χ1v) is 5.85. The largest absolute Gasteiger partial charge is 0.497 e. The van der Waals surface area contributed by atoms with Crippen molar-refractivity contribution >= 4 is 0 Å². The Hall–Kier alpha value is -1.26. The minimum absolute atomic E-state index is 0.300. The Balaban J connectivity index is 2.47. The van der Waals surface area contributed by atoms with Gasteiger partial charge in [0.25, 0.3) is 0 Å². The Labute approximate surface area is 101 Å². The minimum atomic E-state index is -0.456. The second-order valence-electron chi connectivity index (χ2n) is 4.36. The van der Waals surface area contributed by atoms with Gasteiger partial charge in [0, 0.05) is 11.6 Å². The molecule has 2 unspecified atom stereocenters. The Morgan fingerprint density at radius 3 is 2.71 bits per heavy atom. The first-order valence-electron chi connectivity index (χ1n) is 5.85. The van der Waals surface area contributed by atoms with Crippen LogP contribution in [-0.4, -0.2) is 25.9 Å². The molecule has 2 rings (SSSR count). The van der Waals surface area contributed by atoms with Gasteiger partial charge in [-0.2, -0.15) is 0 Å². The summed E-state index contributed by atoms with van der Waals surface area (Å²) in [4.78, 5) is 0. The van der Waals surface area contributed by atoms with E-state index in [0.717, 1.165) is 29.7 Å². The summed E-state index contributed by atoms with van der Waals surface area (Å²) in [6, 6.07) is 3.79. The maximum atomic E-state index is 10.1. The molecule has 0 fully saturated rings. The van der Waals surface area contributed by atoms with Crippen LogP contribution in [0.5, 0.6) is 11.5 Å². The number of aliphatic hydroxyl groups is 1. The Kier molecular flexibility index (Phi) is 3.54. The molecule has 1 aromatic carbocycles. The molecule has 94 valence electrons. The summed E-state index contributed by atoms with van der Waals surface area (Å²) >= 11 is 0. The van der Waals surface area contributed by atoms with Gasteiger partial charge in [0.1, 0.15) is 11.5 Å². The zero-order valence-electron chi connectivity index (χ0n) is 10.3. The van der Waals surface area contributed by atoms with Crippen LogP contribution in [0.15, 0.2) is 12.1 Å². The highest BCUT2D eigenvalue weighted by molar-refractivity contribution is 5.52. The number of nitrogens with two attached hydrogens (primary N) is 1. The number of aliphatic hydroxyl groups excluding tert-OH is 1. The Bertz CT molecular complexity index is 406. The standard InChI is InChI=1S/C13H19NO3/c1-16-9-6-10-8(3-4-14)5-11(15)13(10)12(7-9)17-2/h6-8,11,15H,3-5,14H2,1-2H3. The van der Waals surface area contributed by atoms with E-state index in [-0.39, 0.29) is 0 Å². The quantitative estimate of drug-likeness (QED) is 0.834. The van der Waals surface area contributed by atoms with Gasteiger partial charge in [0.05, 0.1) is 20.3 Å². The Morgan fingerprint density at radius 2 is 2.12 bits per heavy atom. The molecule has 3 N–H and O–H groups in total. The van der Waals surface area contributed by atoms with Crippen molar-refractivity contribution < 1.29 is 14.6 Å². The summed E-state index contributed by atoms with van der Waals surface area (Å²) in [7, 11) is 3.24. The third kappa shape index (κ3) is 2.10. The molecule has 1 aliphatic rings. The van der Waals surface area contributed by atoms with Gasteiger partial charge in [-0.05, 0) is 36.9 Å². The van der Waals surface area contributed by atoms with Crippen LogP contribution in [-0.2, 0) is 0 Å². The summed E-state index contributed by atoms with van der Waals surface area (Å²) in [6.45, 7) is 0.621. The number of methoxy groups -OCH3 is 2. The van der Waals surface area contributed by atoms with Gasteiger partial charge in [-0.1, -0.05) is 0 Å². The Morgan fingerprint density at radius 1 is 1.35 bits per heavy atom. The van der Waals surface area contributed by atoms with Gasteiger partial charge in [0.15, 0.2) is 0 Å². The maximum Gasteiger partial charge on any atom is 0.128 e. The molecule has 0 amide bonds. The molecule has 0 aliphatic heterocycles. The van der Waals surface area contributed by atoms with Crippen molar-refractivity contribution in [2.24, 2.45) is 5.73 Å². The first-order chi connectivity index (χ1) is 8.21. The molecule has 0 spiro atoms. The van der Waals surface area contributed by atoms with Crippen molar-refractivity contribution in [2.75, 3.05) is 20.8 Å². The molecule has 4 nitrogen and oxygen atoms in total. The lowest BCUT2D eigenvalue weighted by atomic mass is 9.97. The average molecular weight is 237 g/mol. The topological polar surface area (TPSA) is 64.7 Å². The molecule has 0 heterocycles. The summed E-state index contributed by atoms with van der Waals surface area (Å²) in [5.74, 6) is 1.76. The number of hydrogen-bond donors (Lipinski definition) is 2. The van der Waals surface area contributed by atoms with Crippen molar-refractivity contribution in [1.82, 2.24) is 0 Å². The second kappa shape index (κ2) is 4.94. The zero-order valence-corrected chi connectivity index (χ0v) is 10.3. The molecular weight excluding hydrogens is 218 g/mol. The van der Waals surface area contributed by atoms with Crippen molar-refractivity contribution in [3.8, 4) is 11.5 Å². The monoisotopic (exact) mass is 237 g/mol. The molecule has 1 aliphatic carbocycles. The van der Waals surface area contributed by atoms with E-state index in [0.29, 0.717) is 18.2 Å². The normalized spacial score (nSPS) is 22.4. The van der Waals surface area contributed by atoms with E-state index in [2.05, 4.69) is 0 Å².